The highest BCUT2D eigenvalue weighted by Gasteiger charge is 2.69. The van der Waals surface area contributed by atoms with Gasteiger partial charge >= 0.3 is 0 Å². The quantitative estimate of drug-likeness (QED) is 0.532. The van der Waals surface area contributed by atoms with Gasteiger partial charge in [-0.05, 0) is 42.2 Å². The third-order valence-corrected chi connectivity index (χ3v) is 8.93. The smallest absolute Gasteiger partial charge is 0.235 e. The van der Waals surface area contributed by atoms with Crippen LogP contribution >= 0.6 is 0 Å². The number of carbonyl (C=O) groups excluding carboxylic acids is 6. The third kappa shape index (κ3) is 3.10. The molecule has 1 amide bonds. The van der Waals surface area contributed by atoms with Gasteiger partial charge < -0.3 is 15.9 Å². The number of amides is 1. The number of phenolic OH excluding ortho intramolecular Hbond substituents is 1. The van der Waals surface area contributed by atoms with Crippen molar-refractivity contribution in [2.45, 2.75) is 50.5 Å². The Hall–Kier alpha value is -3.20. The molecule has 0 spiro atoms. The van der Waals surface area contributed by atoms with Crippen LogP contribution in [0.5, 0.6) is 5.75 Å². The molecule has 35 heavy (non-hydrogen) atoms. The van der Waals surface area contributed by atoms with Crippen molar-refractivity contribution in [1.29, 1.82) is 0 Å². The van der Waals surface area contributed by atoms with Crippen LogP contribution in [0.4, 0.5) is 0 Å². The maximum Gasteiger partial charge on any atom is 0.235 e. The zero-order valence-corrected chi connectivity index (χ0v) is 19.2. The summed E-state index contributed by atoms with van der Waals surface area (Å²) in [5.74, 6) is -12.6. The molecule has 5 rings (SSSR count). The number of aliphatic hydroxyl groups is 1. The summed E-state index contributed by atoms with van der Waals surface area (Å²) in [6.45, 7) is 1.78. The molecule has 7 atom stereocenters. The van der Waals surface area contributed by atoms with Crippen LogP contribution in [0.25, 0.3) is 0 Å². The molecule has 4 aliphatic rings. The summed E-state index contributed by atoms with van der Waals surface area (Å²) in [4.78, 5) is 78.5. The summed E-state index contributed by atoms with van der Waals surface area (Å²) in [7, 11) is 0. The highest BCUT2D eigenvalue weighted by molar-refractivity contribution is 6.31. The Labute approximate surface area is 201 Å². The number of benzene rings is 1. The molecular formula is C26H27NO8. The van der Waals surface area contributed by atoms with Gasteiger partial charge in [0, 0.05) is 24.7 Å². The highest BCUT2D eigenvalue weighted by atomic mass is 16.3. The van der Waals surface area contributed by atoms with Gasteiger partial charge in [-0.1, -0.05) is 25.5 Å². The van der Waals surface area contributed by atoms with E-state index in [1.807, 2.05) is 0 Å². The van der Waals surface area contributed by atoms with Crippen molar-refractivity contribution in [3.05, 3.63) is 29.3 Å². The average Bonchev–Trinajstić information content (AvgIpc) is 2.74. The van der Waals surface area contributed by atoms with Crippen molar-refractivity contribution in [3.8, 4) is 5.75 Å². The molecule has 0 aliphatic heterocycles. The number of fused-ring (bicyclic) bond motifs is 3. The maximum absolute atomic E-state index is 13.8. The summed E-state index contributed by atoms with van der Waals surface area (Å²) < 4.78 is 0. The number of hydrogen-bond acceptors (Lipinski definition) is 8. The minimum atomic E-state index is -2.80. The van der Waals surface area contributed by atoms with Gasteiger partial charge in [-0.2, -0.15) is 0 Å². The monoisotopic (exact) mass is 481 g/mol. The van der Waals surface area contributed by atoms with Gasteiger partial charge in [-0.15, -0.1) is 0 Å². The standard InChI is InChI=1S/C26H27NO8/c1-10-12-6-3-7-15(28)19(12)22(31)21-18(10)13(8-16(29)11-4-2-5-11)14-9-17(30)20(25(27)34)23(32)26(14,35)24(21)33/h3,6-7,10-11,13-14,18,20-21,28,35H,2,4-5,8-9H2,1H3,(H2,27,34)/t10-,13+,14+,18-,20?,21?,26+/m0/s1. The van der Waals surface area contributed by atoms with Crippen LogP contribution in [0, 0.1) is 35.5 Å². The Bertz CT molecular complexity index is 1200. The lowest BCUT2D eigenvalue weighted by Gasteiger charge is -2.54. The molecule has 0 saturated heterocycles. The van der Waals surface area contributed by atoms with Crippen molar-refractivity contribution in [2.24, 2.45) is 41.2 Å². The highest BCUT2D eigenvalue weighted by Crippen LogP contribution is 2.57. The Morgan fingerprint density at radius 2 is 1.80 bits per heavy atom. The summed E-state index contributed by atoms with van der Waals surface area (Å²) in [5, 5.41) is 22.1. The molecule has 9 heteroatoms. The van der Waals surface area contributed by atoms with Gasteiger partial charge in [0.25, 0.3) is 0 Å². The van der Waals surface area contributed by atoms with E-state index in [2.05, 4.69) is 0 Å². The van der Waals surface area contributed by atoms with E-state index in [1.165, 1.54) is 6.07 Å². The molecule has 4 aliphatic carbocycles. The SMILES string of the molecule is C[C@H]1c2cccc(O)c2C(=O)C2C(=O)[C@]3(O)C(=O)C(C(N)=O)C(=O)C[C@@H]3[C@@H](CC(=O)C3CCC3)[C@@H]21. The second-order valence-corrected chi connectivity index (χ2v) is 10.5. The third-order valence-electron chi connectivity index (χ3n) is 8.93. The van der Waals surface area contributed by atoms with Crippen LogP contribution < -0.4 is 5.73 Å². The lowest BCUT2D eigenvalue weighted by Crippen LogP contribution is -2.71. The number of aromatic hydroxyl groups is 1. The molecule has 3 fully saturated rings. The van der Waals surface area contributed by atoms with E-state index in [1.54, 1.807) is 19.1 Å². The van der Waals surface area contributed by atoms with E-state index in [9.17, 15) is 39.0 Å². The Morgan fingerprint density at radius 1 is 1.11 bits per heavy atom. The van der Waals surface area contributed by atoms with Crippen LogP contribution in [0.1, 0.15) is 60.9 Å². The van der Waals surface area contributed by atoms with E-state index < -0.39 is 76.6 Å². The van der Waals surface area contributed by atoms with Gasteiger partial charge in [-0.3, -0.25) is 28.8 Å². The number of hydrogen-bond donors (Lipinski definition) is 3. The largest absolute Gasteiger partial charge is 0.507 e. The first-order valence-corrected chi connectivity index (χ1v) is 12.0. The van der Waals surface area contributed by atoms with Crippen molar-refractivity contribution >= 4 is 34.8 Å². The molecule has 0 bridgehead atoms. The molecule has 2 unspecified atom stereocenters. The Kier molecular flexibility index (Phi) is 5.32. The van der Waals surface area contributed by atoms with Gasteiger partial charge in [0.15, 0.2) is 34.7 Å². The number of rotatable bonds is 4. The molecule has 9 nitrogen and oxygen atoms in total. The predicted molar refractivity (Wildman–Crippen MR) is 119 cm³/mol. The van der Waals surface area contributed by atoms with Crippen LogP contribution in [0.2, 0.25) is 0 Å². The number of ketones is 5. The minimum Gasteiger partial charge on any atom is -0.507 e. The second-order valence-electron chi connectivity index (χ2n) is 10.5. The zero-order chi connectivity index (χ0) is 25.4. The maximum atomic E-state index is 13.8. The zero-order valence-electron chi connectivity index (χ0n) is 19.2. The molecule has 3 saturated carbocycles. The first kappa shape index (κ1) is 23.5. The van der Waals surface area contributed by atoms with Crippen LogP contribution in [0.15, 0.2) is 18.2 Å². The van der Waals surface area contributed by atoms with Crippen molar-refractivity contribution in [2.75, 3.05) is 0 Å². The Balaban J connectivity index is 1.68. The predicted octanol–water partition coefficient (Wildman–Crippen LogP) is 0.873. The molecule has 184 valence electrons. The van der Waals surface area contributed by atoms with Crippen molar-refractivity contribution < 1.29 is 39.0 Å². The molecule has 0 aromatic heterocycles. The number of primary amides is 1. The minimum absolute atomic E-state index is 0.0495. The van der Waals surface area contributed by atoms with Gasteiger partial charge in [-0.25, -0.2) is 0 Å². The van der Waals surface area contributed by atoms with Gasteiger partial charge in [0.05, 0.1) is 11.5 Å². The Morgan fingerprint density at radius 3 is 2.40 bits per heavy atom. The number of Topliss-reactive ketones (excluding diaryl/α,β-unsaturated/α-hetero) is 5. The molecule has 1 aromatic carbocycles. The van der Waals surface area contributed by atoms with E-state index in [-0.39, 0.29) is 29.4 Å². The molecule has 0 radical (unpaired) electrons. The summed E-state index contributed by atoms with van der Waals surface area (Å²) in [6.07, 6.45) is 1.79. The normalized spacial score (nSPS) is 36.6. The van der Waals surface area contributed by atoms with Crippen LogP contribution in [-0.2, 0) is 24.0 Å². The number of carbonyl (C=O) groups is 6. The van der Waals surface area contributed by atoms with Crippen LogP contribution in [0.3, 0.4) is 0 Å². The van der Waals surface area contributed by atoms with Crippen molar-refractivity contribution in [1.82, 2.24) is 0 Å². The lowest BCUT2D eigenvalue weighted by molar-refractivity contribution is -0.183. The van der Waals surface area contributed by atoms with Gasteiger partial charge in [0.2, 0.25) is 5.91 Å². The van der Waals surface area contributed by atoms with E-state index in [0.717, 1.165) is 19.3 Å². The number of nitrogens with two attached hydrogens (primary N) is 1. The molecule has 4 N–H and O–H groups in total. The van der Waals surface area contributed by atoms with Crippen molar-refractivity contribution in [3.63, 3.8) is 0 Å². The summed E-state index contributed by atoms with van der Waals surface area (Å²) in [5.41, 5.74) is 2.93. The second kappa shape index (κ2) is 7.91. The van der Waals surface area contributed by atoms with Gasteiger partial charge in [0.1, 0.15) is 11.5 Å². The fraction of sp³-hybridized carbons (Fsp3) is 0.538. The average molecular weight is 482 g/mol. The fourth-order valence-corrected chi connectivity index (χ4v) is 6.94. The van der Waals surface area contributed by atoms with E-state index >= 15 is 0 Å². The summed E-state index contributed by atoms with van der Waals surface area (Å²) in [6, 6.07) is 4.57. The fourth-order valence-electron chi connectivity index (χ4n) is 6.94. The lowest BCUT2D eigenvalue weighted by atomic mass is 9.47. The molecule has 0 heterocycles. The van der Waals surface area contributed by atoms with E-state index in [0.29, 0.717) is 5.56 Å². The first-order chi connectivity index (χ1) is 16.5. The van der Waals surface area contributed by atoms with Crippen LogP contribution in [-0.4, -0.2) is 50.6 Å². The number of phenols is 1. The molecular weight excluding hydrogens is 454 g/mol. The topological polar surface area (TPSA) is 169 Å². The first-order valence-electron chi connectivity index (χ1n) is 12.0. The van der Waals surface area contributed by atoms with E-state index in [4.69, 9.17) is 5.73 Å². The molecule has 1 aromatic rings. The summed E-state index contributed by atoms with van der Waals surface area (Å²) >= 11 is 0.